The molecule has 8 heteroatoms. The predicted octanol–water partition coefficient (Wildman–Crippen LogP) is 3.31. The number of nitrogens with one attached hydrogen (secondary N) is 2. The molecule has 0 saturated carbocycles. The second kappa shape index (κ2) is 10.5. The van der Waals surface area contributed by atoms with E-state index in [2.05, 4.69) is 15.3 Å². The highest BCUT2D eigenvalue weighted by Crippen LogP contribution is 2.18. The molecule has 1 heterocycles. The molecule has 31 heavy (non-hydrogen) atoms. The van der Waals surface area contributed by atoms with E-state index in [-0.39, 0.29) is 18.6 Å². The van der Waals surface area contributed by atoms with Gasteiger partial charge >= 0.3 is 5.97 Å². The van der Waals surface area contributed by atoms with E-state index in [0.717, 1.165) is 5.56 Å². The van der Waals surface area contributed by atoms with Gasteiger partial charge in [-0.15, -0.1) is 0 Å². The second-order valence-electron chi connectivity index (χ2n) is 7.18. The van der Waals surface area contributed by atoms with Crippen LogP contribution >= 0.6 is 11.6 Å². The van der Waals surface area contributed by atoms with Gasteiger partial charge in [0.15, 0.2) is 5.78 Å². The van der Waals surface area contributed by atoms with Gasteiger partial charge in [-0.1, -0.05) is 41.9 Å². The van der Waals surface area contributed by atoms with Gasteiger partial charge in [0.2, 0.25) is 5.91 Å². The van der Waals surface area contributed by atoms with E-state index < -0.39 is 23.8 Å². The molecule has 0 unspecified atom stereocenters. The number of benzene rings is 2. The number of aromatic nitrogens is 2. The number of carbonyl (C=O) groups excluding carboxylic acids is 2. The summed E-state index contributed by atoms with van der Waals surface area (Å²) in [5.41, 5.74) is 1.84. The topological polar surface area (TPSA) is 112 Å². The molecule has 3 N–H and O–H groups in total. The molecule has 3 aromatic rings. The third kappa shape index (κ3) is 6.52. The second-order valence-corrected chi connectivity index (χ2v) is 7.62. The maximum absolute atomic E-state index is 13.0. The average molecular weight is 440 g/mol. The van der Waals surface area contributed by atoms with E-state index in [1.807, 2.05) is 30.3 Å². The van der Waals surface area contributed by atoms with Gasteiger partial charge in [0.25, 0.3) is 0 Å². The number of aliphatic carboxylic acids is 1. The standard InChI is InChI=1S/C23H22ClN3O4/c24-18-8-6-16(7-9-18)21(28)11-17(10-15-4-2-1-3-5-15)22(29)27-20(23(30)31)12-19-13-25-14-26-19/h1-9,13-14,17,20H,10-12H2,(H,25,26)(H,27,29)(H,30,31)/t17-,20+/m1/s1. The summed E-state index contributed by atoms with van der Waals surface area (Å²) >= 11 is 5.89. The number of amides is 1. The third-order valence-corrected chi connectivity index (χ3v) is 5.13. The summed E-state index contributed by atoms with van der Waals surface area (Å²) in [6.45, 7) is 0. The minimum absolute atomic E-state index is 0.0355. The molecule has 1 amide bonds. The molecule has 7 nitrogen and oxygen atoms in total. The van der Waals surface area contributed by atoms with Crippen LogP contribution in [0.4, 0.5) is 0 Å². The number of carboxylic acids is 1. The molecule has 3 rings (SSSR count). The van der Waals surface area contributed by atoms with Crippen LogP contribution in [-0.4, -0.2) is 38.8 Å². The summed E-state index contributed by atoms with van der Waals surface area (Å²) in [4.78, 5) is 44.3. The van der Waals surface area contributed by atoms with Crippen LogP contribution in [0, 0.1) is 5.92 Å². The number of hydrogen-bond donors (Lipinski definition) is 3. The first kappa shape index (κ1) is 22.2. The van der Waals surface area contributed by atoms with E-state index in [1.165, 1.54) is 6.33 Å². The van der Waals surface area contributed by atoms with Crippen LogP contribution in [0.2, 0.25) is 5.02 Å². The van der Waals surface area contributed by atoms with Crippen molar-refractivity contribution < 1.29 is 19.5 Å². The molecule has 0 spiro atoms. The van der Waals surface area contributed by atoms with Crippen molar-refractivity contribution in [3.63, 3.8) is 0 Å². The molecule has 0 aliphatic carbocycles. The van der Waals surface area contributed by atoms with Crippen molar-refractivity contribution in [2.75, 3.05) is 0 Å². The van der Waals surface area contributed by atoms with Crippen LogP contribution in [0.15, 0.2) is 67.1 Å². The van der Waals surface area contributed by atoms with Crippen LogP contribution in [0.25, 0.3) is 0 Å². The molecule has 0 bridgehead atoms. The predicted molar refractivity (Wildman–Crippen MR) is 116 cm³/mol. The number of H-pyrrole nitrogens is 1. The summed E-state index contributed by atoms with van der Waals surface area (Å²) in [5.74, 6) is -2.61. The number of hydrogen-bond acceptors (Lipinski definition) is 4. The number of imidazole rings is 1. The molecular formula is C23H22ClN3O4. The maximum Gasteiger partial charge on any atom is 0.326 e. The maximum atomic E-state index is 13.0. The van der Waals surface area contributed by atoms with E-state index in [0.29, 0.717) is 22.7 Å². The van der Waals surface area contributed by atoms with E-state index in [9.17, 15) is 19.5 Å². The Morgan fingerprint density at radius 1 is 1.03 bits per heavy atom. The van der Waals surface area contributed by atoms with E-state index in [1.54, 1.807) is 30.5 Å². The van der Waals surface area contributed by atoms with E-state index >= 15 is 0 Å². The van der Waals surface area contributed by atoms with Crippen LogP contribution in [0.5, 0.6) is 0 Å². The van der Waals surface area contributed by atoms with Gasteiger partial charge in [0, 0.05) is 35.5 Å². The number of nitrogens with zero attached hydrogens (tertiary/aromatic N) is 1. The number of aromatic amines is 1. The third-order valence-electron chi connectivity index (χ3n) is 4.88. The Balaban J connectivity index is 1.76. The molecule has 160 valence electrons. The number of carbonyl (C=O) groups is 3. The Morgan fingerprint density at radius 3 is 2.35 bits per heavy atom. The Hall–Kier alpha value is -3.45. The molecule has 0 aliphatic heterocycles. The average Bonchev–Trinajstić information content (AvgIpc) is 3.27. The molecule has 1 aromatic heterocycles. The lowest BCUT2D eigenvalue weighted by atomic mass is 9.91. The van der Waals surface area contributed by atoms with Gasteiger partial charge in [0.1, 0.15) is 6.04 Å². The normalized spacial score (nSPS) is 12.7. The number of rotatable bonds is 10. The minimum Gasteiger partial charge on any atom is -0.480 e. The van der Waals surface area contributed by atoms with Crippen molar-refractivity contribution in [3.05, 3.63) is 89.0 Å². The number of halogens is 1. The molecule has 0 fully saturated rings. The first-order chi connectivity index (χ1) is 14.9. The molecule has 0 saturated heterocycles. The summed E-state index contributed by atoms with van der Waals surface area (Å²) < 4.78 is 0. The summed E-state index contributed by atoms with van der Waals surface area (Å²) in [7, 11) is 0. The lowest BCUT2D eigenvalue weighted by Crippen LogP contribution is -2.45. The molecular weight excluding hydrogens is 418 g/mol. The molecule has 2 atom stereocenters. The van der Waals surface area contributed by atoms with Crippen molar-refractivity contribution in [3.8, 4) is 0 Å². The zero-order valence-corrected chi connectivity index (χ0v) is 17.4. The monoisotopic (exact) mass is 439 g/mol. The summed E-state index contributed by atoms with van der Waals surface area (Å²) in [6.07, 6.45) is 3.30. The Labute approximate surface area is 184 Å². The van der Waals surface area contributed by atoms with Gasteiger partial charge in [-0.25, -0.2) is 9.78 Å². The van der Waals surface area contributed by atoms with Crippen LogP contribution in [0.1, 0.15) is 28.0 Å². The minimum atomic E-state index is -1.17. The smallest absolute Gasteiger partial charge is 0.326 e. The fourth-order valence-corrected chi connectivity index (χ4v) is 3.36. The number of ketones is 1. The van der Waals surface area contributed by atoms with Crippen molar-refractivity contribution in [2.24, 2.45) is 5.92 Å². The van der Waals surface area contributed by atoms with Crippen LogP contribution in [-0.2, 0) is 22.4 Å². The van der Waals surface area contributed by atoms with Gasteiger partial charge < -0.3 is 15.4 Å². The van der Waals surface area contributed by atoms with Crippen molar-refractivity contribution in [1.82, 2.24) is 15.3 Å². The highest BCUT2D eigenvalue weighted by Gasteiger charge is 2.28. The fraction of sp³-hybridized carbons (Fsp3) is 0.217. The van der Waals surface area contributed by atoms with E-state index in [4.69, 9.17) is 11.6 Å². The largest absolute Gasteiger partial charge is 0.480 e. The summed E-state index contributed by atoms with van der Waals surface area (Å²) in [6, 6.07) is 14.6. The summed E-state index contributed by atoms with van der Waals surface area (Å²) in [5, 5.41) is 12.6. The van der Waals surface area contributed by atoms with Gasteiger partial charge in [-0.3, -0.25) is 9.59 Å². The highest BCUT2D eigenvalue weighted by atomic mass is 35.5. The first-order valence-electron chi connectivity index (χ1n) is 9.76. The van der Waals surface area contributed by atoms with Gasteiger partial charge in [0.05, 0.1) is 12.0 Å². The lowest BCUT2D eigenvalue weighted by Gasteiger charge is -2.20. The van der Waals surface area contributed by atoms with Crippen LogP contribution in [0.3, 0.4) is 0 Å². The Kier molecular flexibility index (Phi) is 7.56. The van der Waals surface area contributed by atoms with Crippen molar-refractivity contribution in [2.45, 2.75) is 25.3 Å². The van der Waals surface area contributed by atoms with Crippen molar-refractivity contribution >= 4 is 29.3 Å². The molecule has 0 aliphatic rings. The fourth-order valence-electron chi connectivity index (χ4n) is 3.23. The Bertz CT molecular complexity index is 1020. The molecule has 2 aromatic carbocycles. The lowest BCUT2D eigenvalue weighted by molar-refractivity contribution is -0.142. The molecule has 0 radical (unpaired) electrons. The first-order valence-corrected chi connectivity index (χ1v) is 10.1. The van der Waals surface area contributed by atoms with Crippen molar-refractivity contribution in [1.29, 1.82) is 0 Å². The highest BCUT2D eigenvalue weighted by molar-refractivity contribution is 6.30. The van der Waals surface area contributed by atoms with Crippen LogP contribution < -0.4 is 5.32 Å². The zero-order valence-electron chi connectivity index (χ0n) is 16.6. The quantitative estimate of drug-likeness (QED) is 0.419. The SMILES string of the molecule is O=C(C[C@@H](Cc1ccccc1)C(=O)N[C@@H](Cc1c[nH]cn1)C(=O)O)c1ccc(Cl)cc1. The number of carboxylic acid groups (broad SMARTS) is 1. The zero-order chi connectivity index (χ0) is 22.2. The van der Waals surface area contributed by atoms with Gasteiger partial charge in [-0.2, -0.15) is 0 Å². The van der Waals surface area contributed by atoms with Gasteiger partial charge in [-0.05, 0) is 36.2 Å². The Morgan fingerprint density at radius 2 is 1.74 bits per heavy atom. The number of Topliss-reactive ketones (excluding diaryl/α,β-unsaturated/α-hetero) is 1.